The Labute approximate surface area is 172 Å². The fraction of sp³-hybridized carbons (Fsp3) is 0.632. The first-order valence-electron chi connectivity index (χ1n) is 9.96. The number of hydrogen-bond donors (Lipinski definition) is 0. The summed E-state index contributed by atoms with van der Waals surface area (Å²) in [5.74, 6) is -2.42. The Balaban J connectivity index is 1.70. The van der Waals surface area contributed by atoms with Gasteiger partial charge in [0, 0.05) is 31.6 Å². The number of benzene rings is 1. The number of amides is 1. The zero-order valence-corrected chi connectivity index (χ0v) is 17.1. The maximum absolute atomic E-state index is 13.1. The number of fused-ring (bicyclic) bond motifs is 2. The van der Waals surface area contributed by atoms with E-state index in [-0.39, 0.29) is 36.6 Å². The summed E-state index contributed by atoms with van der Waals surface area (Å²) in [7, 11) is -3.74. The quantitative estimate of drug-likeness (QED) is 0.693. The number of halogens is 3. The Bertz CT molecular complexity index is 923. The largest absolute Gasteiger partial charge is 0.389 e. The average molecular weight is 448 g/mol. The molecule has 30 heavy (non-hydrogen) atoms. The molecule has 0 aromatic heterocycles. The minimum Gasteiger partial charge on any atom is -0.338 e. The van der Waals surface area contributed by atoms with Crippen LogP contribution in [0.2, 0.25) is 0 Å². The molecule has 0 N–H and O–H groups in total. The van der Waals surface area contributed by atoms with Crippen molar-refractivity contribution in [2.75, 3.05) is 37.7 Å². The van der Waals surface area contributed by atoms with E-state index in [0.29, 0.717) is 25.2 Å². The number of hydrogen-bond acceptors (Lipinski definition) is 5. The maximum Gasteiger partial charge on any atom is 0.389 e. The first-order valence-corrected chi connectivity index (χ1v) is 11.4. The van der Waals surface area contributed by atoms with Gasteiger partial charge in [0.1, 0.15) is 0 Å². The summed E-state index contributed by atoms with van der Waals surface area (Å²) in [5, 5.41) is 0. The minimum atomic E-state index is -4.32. The van der Waals surface area contributed by atoms with E-state index in [0.717, 1.165) is 12.8 Å². The molecule has 11 heteroatoms. The first kappa shape index (κ1) is 21.5. The Morgan fingerprint density at radius 3 is 2.37 bits per heavy atom. The lowest BCUT2D eigenvalue weighted by molar-refractivity contribution is -0.256. The molecule has 0 unspecified atom stereocenters. The molecular formula is C19H23F3N2O5S. The Hall–Kier alpha value is -1.69. The molecule has 2 fully saturated rings. The van der Waals surface area contributed by atoms with Gasteiger partial charge < -0.3 is 14.4 Å². The molecule has 166 valence electrons. The van der Waals surface area contributed by atoms with Gasteiger partial charge in [-0.1, -0.05) is 0 Å². The van der Waals surface area contributed by atoms with Crippen molar-refractivity contribution in [3.63, 3.8) is 0 Å². The van der Waals surface area contributed by atoms with Crippen LogP contribution in [0.1, 0.15) is 37.7 Å². The lowest BCUT2D eigenvalue weighted by Gasteiger charge is -2.32. The number of rotatable bonds is 5. The van der Waals surface area contributed by atoms with Crippen LogP contribution in [-0.2, 0) is 30.1 Å². The lowest BCUT2D eigenvalue weighted by atomic mass is 10.1. The third-order valence-corrected chi connectivity index (χ3v) is 7.48. The number of alkyl halides is 3. The van der Waals surface area contributed by atoms with Crippen molar-refractivity contribution in [3.05, 3.63) is 23.8 Å². The van der Waals surface area contributed by atoms with E-state index in [1.54, 1.807) is 0 Å². The van der Waals surface area contributed by atoms with Crippen LogP contribution in [0.5, 0.6) is 0 Å². The van der Waals surface area contributed by atoms with E-state index < -0.39 is 34.3 Å². The smallest absolute Gasteiger partial charge is 0.338 e. The van der Waals surface area contributed by atoms with E-state index in [9.17, 15) is 26.4 Å². The third-order valence-electron chi connectivity index (χ3n) is 5.58. The van der Waals surface area contributed by atoms with E-state index in [4.69, 9.17) is 9.47 Å². The molecule has 4 rings (SSSR count). The minimum absolute atomic E-state index is 0.0187. The topological polar surface area (TPSA) is 76.2 Å². The maximum atomic E-state index is 13.1. The normalized spacial score (nSPS) is 22.1. The van der Waals surface area contributed by atoms with Crippen LogP contribution >= 0.6 is 0 Å². The lowest BCUT2D eigenvalue weighted by Crippen LogP contribution is -2.47. The fourth-order valence-electron chi connectivity index (χ4n) is 4.13. The predicted octanol–water partition coefficient (Wildman–Crippen LogP) is 2.75. The standard InChI is InChI=1S/C19H23F3N2O5S/c20-18(21,22)7-3-10-24-16-6-5-14(30(26,27)23-8-1-2-9-23)13-15(16)19(17(24)25)28-11-4-12-29-19/h5-6,13H,1-4,7-12H2. The highest BCUT2D eigenvalue weighted by Gasteiger charge is 2.55. The van der Waals surface area contributed by atoms with E-state index in [1.807, 2.05) is 0 Å². The van der Waals surface area contributed by atoms with Crippen molar-refractivity contribution < 1.29 is 35.9 Å². The van der Waals surface area contributed by atoms with Gasteiger partial charge >= 0.3 is 6.18 Å². The van der Waals surface area contributed by atoms with E-state index >= 15 is 0 Å². The van der Waals surface area contributed by atoms with Crippen molar-refractivity contribution in [1.29, 1.82) is 0 Å². The van der Waals surface area contributed by atoms with Crippen LogP contribution in [0.25, 0.3) is 0 Å². The van der Waals surface area contributed by atoms with Crippen LogP contribution in [0.15, 0.2) is 23.1 Å². The van der Waals surface area contributed by atoms with Crippen molar-refractivity contribution in [3.8, 4) is 0 Å². The molecule has 1 aromatic carbocycles. The Kier molecular flexibility index (Phi) is 5.58. The van der Waals surface area contributed by atoms with Gasteiger partial charge in [0.15, 0.2) is 0 Å². The Morgan fingerprint density at radius 1 is 1.07 bits per heavy atom. The van der Waals surface area contributed by atoms with E-state index in [1.165, 1.54) is 27.4 Å². The average Bonchev–Trinajstić information content (AvgIpc) is 3.31. The molecule has 1 amide bonds. The number of anilines is 1. The highest BCUT2D eigenvalue weighted by molar-refractivity contribution is 7.89. The molecule has 2 saturated heterocycles. The summed E-state index contributed by atoms with van der Waals surface area (Å²) in [6.07, 6.45) is -3.50. The second kappa shape index (κ2) is 7.77. The third kappa shape index (κ3) is 3.72. The molecule has 3 aliphatic rings. The molecule has 7 nitrogen and oxygen atoms in total. The summed E-state index contributed by atoms with van der Waals surface area (Å²) < 4.78 is 76.5. The van der Waals surface area contributed by atoms with Gasteiger partial charge in [0.25, 0.3) is 11.7 Å². The molecule has 0 radical (unpaired) electrons. The van der Waals surface area contributed by atoms with Crippen molar-refractivity contribution >= 4 is 21.6 Å². The molecule has 3 aliphatic heterocycles. The molecule has 0 atom stereocenters. The van der Waals surface area contributed by atoms with Crippen LogP contribution in [0.4, 0.5) is 18.9 Å². The molecular weight excluding hydrogens is 425 g/mol. The van der Waals surface area contributed by atoms with Gasteiger partial charge in [0.2, 0.25) is 10.0 Å². The second-order valence-electron chi connectivity index (χ2n) is 7.63. The van der Waals surface area contributed by atoms with Gasteiger partial charge in [0.05, 0.1) is 23.8 Å². The van der Waals surface area contributed by atoms with Gasteiger partial charge in [-0.25, -0.2) is 8.42 Å². The summed E-state index contributed by atoms with van der Waals surface area (Å²) >= 11 is 0. The van der Waals surface area contributed by atoms with Crippen LogP contribution in [0, 0.1) is 0 Å². The van der Waals surface area contributed by atoms with Crippen LogP contribution in [-0.4, -0.2) is 57.7 Å². The number of ether oxygens (including phenoxy) is 2. The molecule has 0 saturated carbocycles. The number of sulfonamides is 1. The summed E-state index contributed by atoms with van der Waals surface area (Å²) in [4.78, 5) is 14.4. The second-order valence-corrected chi connectivity index (χ2v) is 9.57. The fourth-order valence-corrected chi connectivity index (χ4v) is 5.67. The SMILES string of the molecule is O=C1N(CCCC(F)(F)F)c2ccc(S(=O)(=O)N3CCCC3)cc2C12OCCCO2. The molecule has 1 spiro atoms. The summed E-state index contributed by atoms with van der Waals surface area (Å²) in [5.41, 5.74) is 0.559. The van der Waals surface area contributed by atoms with Gasteiger partial charge in [-0.05, 0) is 43.9 Å². The van der Waals surface area contributed by atoms with Crippen LogP contribution < -0.4 is 4.90 Å². The molecule has 0 bridgehead atoms. The predicted molar refractivity (Wildman–Crippen MR) is 100 cm³/mol. The number of nitrogens with zero attached hydrogens (tertiary/aromatic N) is 2. The highest BCUT2D eigenvalue weighted by atomic mass is 32.2. The van der Waals surface area contributed by atoms with Crippen molar-refractivity contribution in [1.82, 2.24) is 4.31 Å². The first-order chi connectivity index (χ1) is 14.2. The summed E-state index contributed by atoms with van der Waals surface area (Å²) in [6.45, 7) is 1.15. The summed E-state index contributed by atoms with van der Waals surface area (Å²) in [6, 6.07) is 4.22. The molecule has 0 aliphatic carbocycles. The van der Waals surface area contributed by atoms with E-state index in [2.05, 4.69) is 0 Å². The molecule has 3 heterocycles. The zero-order valence-electron chi connectivity index (χ0n) is 16.3. The monoisotopic (exact) mass is 448 g/mol. The van der Waals surface area contributed by atoms with Crippen molar-refractivity contribution in [2.45, 2.75) is 49.0 Å². The van der Waals surface area contributed by atoms with Gasteiger partial charge in [-0.3, -0.25) is 4.79 Å². The molecule has 1 aromatic rings. The highest BCUT2D eigenvalue weighted by Crippen LogP contribution is 2.46. The number of carbonyl (C=O) groups excluding carboxylic acids is 1. The van der Waals surface area contributed by atoms with Gasteiger partial charge in [-0.2, -0.15) is 17.5 Å². The van der Waals surface area contributed by atoms with Crippen LogP contribution in [0.3, 0.4) is 0 Å². The van der Waals surface area contributed by atoms with Gasteiger partial charge in [-0.15, -0.1) is 0 Å². The Morgan fingerprint density at radius 2 is 1.73 bits per heavy atom. The number of carbonyl (C=O) groups is 1. The van der Waals surface area contributed by atoms with Crippen molar-refractivity contribution in [2.24, 2.45) is 0 Å². The zero-order chi connectivity index (χ0) is 21.6.